The highest BCUT2D eigenvalue weighted by atomic mass is 16.3. The lowest BCUT2D eigenvalue weighted by Gasteiger charge is -2.27. The van der Waals surface area contributed by atoms with Gasteiger partial charge in [0.15, 0.2) is 0 Å². The smallest absolute Gasteiger partial charge is 0.0564 e. The summed E-state index contributed by atoms with van der Waals surface area (Å²) < 4.78 is 0. The molecule has 0 atom stereocenters. The third-order valence-corrected chi connectivity index (χ3v) is 3.15. The Morgan fingerprint density at radius 1 is 1.00 bits per heavy atom. The number of aliphatic hydroxyl groups is 1. The maximum Gasteiger partial charge on any atom is 0.0564 e. The van der Waals surface area contributed by atoms with Crippen LogP contribution in [0.15, 0.2) is 0 Å². The Morgan fingerprint density at radius 2 is 1.39 bits per heavy atom. The SMILES string of the molecule is CC.CC.CCN1CCC(O)CC1.NC1CCC1. The van der Waals surface area contributed by atoms with E-state index in [-0.39, 0.29) is 6.10 Å². The van der Waals surface area contributed by atoms with Crippen LogP contribution in [0.25, 0.3) is 0 Å². The second-order valence-corrected chi connectivity index (χ2v) is 4.36. The molecule has 0 aromatic carbocycles. The van der Waals surface area contributed by atoms with Gasteiger partial charge in [0.25, 0.3) is 0 Å². The number of piperidine rings is 1. The molecule has 1 saturated carbocycles. The number of hydrogen-bond acceptors (Lipinski definition) is 3. The number of nitrogens with zero attached hydrogens (tertiary/aromatic N) is 1. The zero-order chi connectivity index (χ0) is 14.4. The van der Waals surface area contributed by atoms with E-state index >= 15 is 0 Å². The highest BCUT2D eigenvalue weighted by Gasteiger charge is 2.14. The minimum absolute atomic E-state index is 0.0206. The molecule has 3 heteroatoms. The lowest BCUT2D eigenvalue weighted by atomic mass is 9.95. The standard InChI is InChI=1S/C7H15NO.C4H9N.2C2H6/c1-2-8-5-3-7(9)4-6-8;5-4-2-1-3-4;2*1-2/h7,9H,2-6H2,1H3;4H,1-3,5H2;2*1-2H3. The summed E-state index contributed by atoms with van der Waals surface area (Å²) in [5.41, 5.74) is 5.38. The molecule has 0 radical (unpaired) electrons. The van der Waals surface area contributed by atoms with E-state index in [2.05, 4.69) is 11.8 Å². The molecule has 0 bridgehead atoms. The van der Waals surface area contributed by atoms with Crippen LogP contribution in [0.4, 0.5) is 0 Å². The first kappa shape index (κ1) is 20.2. The summed E-state index contributed by atoms with van der Waals surface area (Å²) in [5.74, 6) is 0. The summed E-state index contributed by atoms with van der Waals surface area (Å²) in [6, 6.07) is 0.565. The third-order valence-electron chi connectivity index (χ3n) is 3.15. The van der Waals surface area contributed by atoms with Gasteiger partial charge in [-0.1, -0.05) is 41.0 Å². The predicted octanol–water partition coefficient (Wildman–Crippen LogP) is 3.01. The number of nitrogens with two attached hydrogens (primary N) is 1. The first-order valence-corrected chi connectivity index (χ1v) is 7.88. The largest absolute Gasteiger partial charge is 0.393 e. The summed E-state index contributed by atoms with van der Waals surface area (Å²) >= 11 is 0. The van der Waals surface area contributed by atoms with Crippen LogP contribution < -0.4 is 5.73 Å². The summed E-state index contributed by atoms with van der Waals surface area (Å²) in [6.45, 7) is 13.5. The Morgan fingerprint density at radius 3 is 1.61 bits per heavy atom. The van der Waals surface area contributed by atoms with E-state index in [1.807, 2.05) is 27.7 Å². The fourth-order valence-electron chi connectivity index (χ4n) is 1.68. The van der Waals surface area contributed by atoms with Gasteiger partial charge in [0.2, 0.25) is 0 Å². The Bertz CT molecular complexity index is 141. The van der Waals surface area contributed by atoms with Gasteiger partial charge in [-0.25, -0.2) is 0 Å². The molecule has 18 heavy (non-hydrogen) atoms. The van der Waals surface area contributed by atoms with Crippen LogP contribution in [-0.4, -0.2) is 41.8 Å². The minimum Gasteiger partial charge on any atom is -0.393 e. The topological polar surface area (TPSA) is 49.5 Å². The molecular formula is C15H36N2O. The summed E-state index contributed by atoms with van der Waals surface area (Å²) in [7, 11) is 0. The lowest BCUT2D eigenvalue weighted by molar-refractivity contribution is 0.0852. The highest BCUT2D eigenvalue weighted by molar-refractivity contribution is 4.70. The van der Waals surface area contributed by atoms with Crippen LogP contribution in [-0.2, 0) is 0 Å². The van der Waals surface area contributed by atoms with Crippen LogP contribution >= 0.6 is 0 Å². The van der Waals surface area contributed by atoms with Crippen molar-refractivity contribution in [2.45, 2.75) is 78.9 Å². The van der Waals surface area contributed by atoms with Gasteiger partial charge in [-0.15, -0.1) is 0 Å². The van der Waals surface area contributed by atoms with Crippen molar-refractivity contribution in [3.8, 4) is 0 Å². The molecule has 0 aromatic heterocycles. The fraction of sp³-hybridized carbons (Fsp3) is 1.00. The van der Waals surface area contributed by atoms with Crippen molar-refractivity contribution in [1.82, 2.24) is 4.90 Å². The molecule has 1 heterocycles. The van der Waals surface area contributed by atoms with Gasteiger partial charge in [-0.3, -0.25) is 0 Å². The second kappa shape index (κ2) is 14.9. The summed E-state index contributed by atoms with van der Waals surface area (Å²) in [5, 5.41) is 9.10. The second-order valence-electron chi connectivity index (χ2n) is 4.36. The van der Waals surface area contributed by atoms with E-state index < -0.39 is 0 Å². The average Bonchev–Trinajstić information content (AvgIpc) is 2.42. The molecule has 112 valence electrons. The zero-order valence-corrected chi connectivity index (χ0v) is 13.3. The number of aliphatic hydroxyl groups excluding tert-OH is 1. The molecule has 0 aromatic rings. The molecule has 0 spiro atoms. The summed E-state index contributed by atoms with van der Waals surface area (Å²) in [6.07, 6.45) is 5.80. The lowest BCUT2D eigenvalue weighted by Crippen LogP contribution is -2.35. The third kappa shape index (κ3) is 11.0. The van der Waals surface area contributed by atoms with E-state index in [9.17, 15) is 0 Å². The molecule has 3 nitrogen and oxygen atoms in total. The molecule has 1 saturated heterocycles. The van der Waals surface area contributed by atoms with Gasteiger partial charge in [-0.2, -0.15) is 0 Å². The Hall–Kier alpha value is -0.120. The van der Waals surface area contributed by atoms with Crippen molar-refractivity contribution in [1.29, 1.82) is 0 Å². The van der Waals surface area contributed by atoms with Crippen LogP contribution in [0.5, 0.6) is 0 Å². The maximum atomic E-state index is 9.10. The van der Waals surface area contributed by atoms with Gasteiger partial charge >= 0.3 is 0 Å². The first-order chi connectivity index (χ1) is 8.72. The zero-order valence-electron chi connectivity index (χ0n) is 13.3. The van der Waals surface area contributed by atoms with Gasteiger partial charge in [0, 0.05) is 19.1 Å². The first-order valence-electron chi connectivity index (χ1n) is 7.88. The molecule has 2 fully saturated rings. The maximum absolute atomic E-state index is 9.10. The molecule has 2 rings (SSSR count). The van der Waals surface area contributed by atoms with Crippen LogP contribution in [0.2, 0.25) is 0 Å². The van der Waals surface area contributed by atoms with Crippen molar-refractivity contribution in [3.63, 3.8) is 0 Å². The van der Waals surface area contributed by atoms with Crippen LogP contribution in [0.1, 0.15) is 66.7 Å². The van der Waals surface area contributed by atoms with Gasteiger partial charge in [0.05, 0.1) is 6.10 Å². The molecule has 0 unspecified atom stereocenters. The van der Waals surface area contributed by atoms with E-state index in [0.717, 1.165) is 32.5 Å². The summed E-state index contributed by atoms with van der Waals surface area (Å²) in [4.78, 5) is 2.37. The predicted molar refractivity (Wildman–Crippen MR) is 81.9 cm³/mol. The molecule has 2 aliphatic rings. The number of likely N-dealkylation sites (tertiary alicyclic amines) is 1. The van der Waals surface area contributed by atoms with Gasteiger partial charge in [-0.05, 0) is 32.2 Å². The van der Waals surface area contributed by atoms with Crippen molar-refractivity contribution >= 4 is 0 Å². The van der Waals surface area contributed by atoms with Crippen molar-refractivity contribution < 1.29 is 5.11 Å². The quantitative estimate of drug-likeness (QED) is 0.762. The monoisotopic (exact) mass is 260 g/mol. The Labute approximate surface area is 115 Å². The fourth-order valence-corrected chi connectivity index (χ4v) is 1.68. The van der Waals surface area contributed by atoms with Crippen molar-refractivity contribution in [2.75, 3.05) is 19.6 Å². The average molecular weight is 260 g/mol. The van der Waals surface area contributed by atoms with Crippen LogP contribution in [0, 0.1) is 0 Å². The molecule has 3 N–H and O–H groups in total. The Balaban J connectivity index is 0. The molecular weight excluding hydrogens is 224 g/mol. The Kier molecular flexibility index (Phi) is 16.8. The minimum atomic E-state index is -0.0206. The van der Waals surface area contributed by atoms with E-state index in [1.165, 1.54) is 19.3 Å². The van der Waals surface area contributed by atoms with Gasteiger partial charge in [0.1, 0.15) is 0 Å². The van der Waals surface area contributed by atoms with Gasteiger partial charge < -0.3 is 15.7 Å². The molecule has 1 aliphatic heterocycles. The number of rotatable bonds is 1. The number of hydrogen-bond donors (Lipinski definition) is 2. The van der Waals surface area contributed by atoms with Crippen molar-refractivity contribution in [3.05, 3.63) is 0 Å². The van der Waals surface area contributed by atoms with E-state index in [0.29, 0.717) is 6.04 Å². The normalized spacial score (nSPS) is 20.2. The van der Waals surface area contributed by atoms with Crippen molar-refractivity contribution in [2.24, 2.45) is 5.73 Å². The molecule has 0 amide bonds. The molecule has 1 aliphatic carbocycles. The van der Waals surface area contributed by atoms with E-state index in [1.54, 1.807) is 0 Å². The van der Waals surface area contributed by atoms with E-state index in [4.69, 9.17) is 10.8 Å². The highest BCUT2D eigenvalue weighted by Crippen LogP contribution is 2.14. The van der Waals surface area contributed by atoms with Crippen LogP contribution in [0.3, 0.4) is 0 Å².